The zero-order chi connectivity index (χ0) is 16.8. The minimum absolute atomic E-state index is 0. The fraction of sp³-hybridized carbons (Fsp3) is 0.350. The zero-order valence-corrected chi connectivity index (χ0v) is 15.4. The van der Waals surface area contributed by atoms with Gasteiger partial charge in [0.05, 0.1) is 17.6 Å². The van der Waals surface area contributed by atoms with Crippen molar-refractivity contribution in [3.8, 4) is 5.75 Å². The van der Waals surface area contributed by atoms with Crippen molar-refractivity contribution in [3.05, 3.63) is 60.2 Å². The number of benzene rings is 2. The van der Waals surface area contributed by atoms with Crippen molar-refractivity contribution in [1.82, 2.24) is 9.13 Å². The normalized spacial score (nSPS) is 10.6. The molecule has 1 aromatic heterocycles. The van der Waals surface area contributed by atoms with E-state index in [1.165, 1.54) is 0 Å². The minimum atomic E-state index is 0. The molecule has 0 radical (unpaired) electrons. The zero-order valence-electron chi connectivity index (χ0n) is 14.6. The van der Waals surface area contributed by atoms with Crippen LogP contribution in [0.3, 0.4) is 0 Å². The van der Waals surface area contributed by atoms with Gasteiger partial charge in [-0.1, -0.05) is 43.7 Å². The number of hydrogen-bond donors (Lipinski definition) is 1. The number of nitrogens with one attached hydrogen (secondary N) is 1. The molecule has 0 saturated carbocycles. The van der Waals surface area contributed by atoms with Crippen LogP contribution in [0.2, 0.25) is 0 Å². The van der Waals surface area contributed by atoms with Crippen molar-refractivity contribution in [2.45, 2.75) is 39.3 Å². The van der Waals surface area contributed by atoms with Gasteiger partial charge >= 0.3 is 0 Å². The van der Waals surface area contributed by atoms with E-state index >= 15 is 0 Å². The van der Waals surface area contributed by atoms with Gasteiger partial charge in [-0.25, -0.2) is 0 Å². The second kappa shape index (κ2) is 9.33. The predicted octanol–water partition coefficient (Wildman–Crippen LogP) is 1.20. The van der Waals surface area contributed by atoms with E-state index in [2.05, 4.69) is 28.2 Å². The summed E-state index contributed by atoms with van der Waals surface area (Å²) in [5, 5.41) is 8.54. The molecule has 0 fully saturated rings. The molecular formula is C20H25ClN3O-. The van der Waals surface area contributed by atoms with Gasteiger partial charge < -0.3 is 26.3 Å². The first-order valence-electron chi connectivity index (χ1n) is 8.71. The van der Waals surface area contributed by atoms with Crippen LogP contribution in [0.1, 0.15) is 26.2 Å². The second-order valence-electron chi connectivity index (χ2n) is 5.98. The maximum Gasteiger partial charge on any atom is 0.202 e. The molecule has 3 aromatic rings. The van der Waals surface area contributed by atoms with Crippen LogP contribution in [-0.4, -0.2) is 15.7 Å². The van der Waals surface area contributed by atoms with E-state index in [-0.39, 0.29) is 12.4 Å². The molecule has 0 aliphatic rings. The Morgan fingerprint density at radius 3 is 2.00 bits per heavy atom. The molecule has 0 amide bonds. The molecule has 0 atom stereocenters. The summed E-state index contributed by atoms with van der Waals surface area (Å²) in [5.74, 6) is 0.902. The van der Waals surface area contributed by atoms with Gasteiger partial charge in [0.2, 0.25) is 5.62 Å². The van der Waals surface area contributed by atoms with E-state index in [0.29, 0.717) is 12.2 Å². The fourth-order valence-electron chi connectivity index (χ4n) is 2.99. The maximum atomic E-state index is 8.54. The molecule has 0 spiro atoms. The van der Waals surface area contributed by atoms with Crippen molar-refractivity contribution in [2.75, 3.05) is 6.61 Å². The highest BCUT2D eigenvalue weighted by molar-refractivity contribution is 5.75. The predicted molar refractivity (Wildman–Crippen MR) is 97.2 cm³/mol. The number of ether oxygens (including phenoxy) is 1. The molecule has 1 heterocycles. The lowest BCUT2D eigenvalue weighted by Gasteiger charge is -2.07. The number of halogens is 1. The van der Waals surface area contributed by atoms with Crippen molar-refractivity contribution in [3.63, 3.8) is 0 Å². The lowest BCUT2D eigenvalue weighted by Crippen LogP contribution is -3.00. The van der Waals surface area contributed by atoms with Gasteiger partial charge in [0.15, 0.2) is 0 Å². The third-order valence-corrected chi connectivity index (χ3v) is 4.25. The molecular weight excluding hydrogens is 334 g/mol. The van der Waals surface area contributed by atoms with Gasteiger partial charge in [-0.15, -0.1) is 0 Å². The highest BCUT2D eigenvalue weighted by atomic mass is 35.5. The van der Waals surface area contributed by atoms with Crippen LogP contribution < -0.4 is 22.8 Å². The standard InChI is InChI=1S/C20H25N3O.ClH/c1-2-3-14-22-18-12-7-8-13-19(18)23(20(22)21)15-9-16-24-17-10-5-4-6-11-17;/h4-8,10-13,21H,2-3,9,14-16H2,1H3;1H/p-1. The summed E-state index contributed by atoms with van der Waals surface area (Å²) in [4.78, 5) is 0. The number of aromatic nitrogens is 2. The summed E-state index contributed by atoms with van der Waals surface area (Å²) < 4.78 is 9.99. The number of hydrogen-bond acceptors (Lipinski definition) is 2. The Balaban J connectivity index is 0.00000225. The average molecular weight is 359 g/mol. The SMILES string of the molecule is CCCCn1c(=N)n(CCCOc2ccccc2)c2ccccc21.[Cl-]. The molecule has 134 valence electrons. The summed E-state index contributed by atoms with van der Waals surface area (Å²) in [6.45, 7) is 4.55. The van der Waals surface area contributed by atoms with Gasteiger partial charge in [0.1, 0.15) is 5.75 Å². The van der Waals surface area contributed by atoms with Crippen LogP contribution in [0.4, 0.5) is 0 Å². The van der Waals surface area contributed by atoms with Gasteiger partial charge in [0, 0.05) is 13.1 Å². The minimum Gasteiger partial charge on any atom is -1.00 e. The molecule has 0 bridgehead atoms. The van der Waals surface area contributed by atoms with E-state index < -0.39 is 0 Å². The van der Waals surface area contributed by atoms with E-state index in [9.17, 15) is 0 Å². The quantitative estimate of drug-likeness (QED) is 0.604. The third-order valence-electron chi connectivity index (χ3n) is 4.25. The third kappa shape index (κ3) is 4.45. The molecule has 25 heavy (non-hydrogen) atoms. The van der Waals surface area contributed by atoms with Gasteiger partial charge in [-0.3, -0.25) is 5.41 Å². The molecule has 0 aliphatic heterocycles. The number of fused-ring (bicyclic) bond motifs is 1. The fourth-order valence-corrected chi connectivity index (χ4v) is 2.99. The largest absolute Gasteiger partial charge is 1.00 e. The molecule has 5 heteroatoms. The molecule has 1 N–H and O–H groups in total. The van der Waals surface area contributed by atoms with Crippen LogP contribution >= 0.6 is 0 Å². The van der Waals surface area contributed by atoms with E-state index in [0.717, 1.165) is 49.1 Å². The van der Waals surface area contributed by atoms with Crippen LogP contribution in [0.25, 0.3) is 11.0 Å². The van der Waals surface area contributed by atoms with E-state index in [4.69, 9.17) is 10.1 Å². The molecule has 3 rings (SSSR count). The summed E-state index contributed by atoms with van der Waals surface area (Å²) in [7, 11) is 0. The topological polar surface area (TPSA) is 42.9 Å². The van der Waals surface area contributed by atoms with E-state index in [1.54, 1.807) is 0 Å². The molecule has 2 aromatic carbocycles. The van der Waals surface area contributed by atoms with Crippen LogP contribution in [0.5, 0.6) is 5.75 Å². The Morgan fingerprint density at radius 2 is 1.40 bits per heavy atom. The molecule has 0 saturated heterocycles. The number of nitrogens with zero attached hydrogens (tertiary/aromatic N) is 2. The Bertz CT molecular complexity index is 839. The second-order valence-corrected chi connectivity index (χ2v) is 5.98. The Hall–Kier alpha value is -2.20. The van der Waals surface area contributed by atoms with Crippen molar-refractivity contribution < 1.29 is 17.1 Å². The number of rotatable bonds is 8. The lowest BCUT2D eigenvalue weighted by atomic mass is 10.3. The number of unbranched alkanes of at least 4 members (excludes halogenated alkanes) is 1. The number of imidazole rings is 1. The summed E-state index contributed by atoms with van der Waals surface area (Å²) in [6, 6.07) is 18.2. The monoisotopic (exact) mass is 358 g/mol. The molecule has 4 nitrogen and oxygen atoms in total. The lowest BCUT2D eigenvalue weighted by molar-refractivity contribution is -0.00000572. The van der Waals surface area contributed by atoms with Gasteiger partial charge in [-0.2, -0.15) is 0 Å². The first-order chi connectivity index (χ1) is 11.8. The Labute approximate surface area is 155 Å². The number of aryl methyl sites for hydroxylation is 2. The Kier molecular flexibility index (Phi) is 7.14. The number of para-hydroxylation sites is 3. The summed E-state index contributed by atoms with van der Waals surface area (Å²) >= 11 is 0. The van der Waals surface area contributed by atoms with Gasteiger partial charge in [0.25, 0.3) is 0 Å². The average Bonchev–Trinajstić information content (AvgIpc) is 2.89. The van der Waals surface area contributed by atoms with Gasteiger partial charge in [-0.05, 0) is 37.1 Å². The van der Waals surface area contributed by atoms with Crippen molar-refractivity contribution >= 4 is 11.0 Å². The van der Waals surface area contributed by atoms with Crippen LogP contribution in [0.15, 0.2) is 54.6 Å². The van der Waals surface area contributed by atoms with Crippen LogP contribution in [-0.2, 0) is 13.1 Å². The highest BCUT2D eigenvalue weighted by Gasteiger charge is 2.09. The van der Waals surface area contributed by atoms with Crippen molar-refractivity contribution in [2.24, 2.45) is 0 Å². The summed E-state index contributed by atoms with van der Waals surface area (Å²) in [6.07, 6.45) is 3.12. The van der Waals surface area contributed by atoms with E-state index in [1.807, 2.05) is 42.5 Å². The smallest absolute Gasteiger partial charge is 0.202 e. The first kappa shape index (κ1) is 19.1. The Morgan fingerprint density at radius 1 is 0.840 bits per heavy atom. The van der Waals surface area contributed by atoms with Crippen molar-refractivity contribution in [1.29, 1.82) is 5.41 Å². The highest BCUT2D eigenvalue weighted by Crippen LogP contribution is 2.14. The van der Waals surface area contributed by atoms with Crippen LogP contribution in [0, 0.1) is 5.41 Å². The molecule has 0 unspecified atom stereocenters. The first-order valence-corrected chi connectivity index (χ1v) is 8.71. The molecule has 0 aliphatic carbocycles. The maximum absolute atomic E-state index is 8.54. The summed E-state index contributed by atoms with van der Waals surface area (Å²) in [5.41, 5.74) is 2.88.